The van der Waals surface area contributed by atoms with Gasteiger partial charge in [0.05, 0.1) is 14.2 Å². The summed E-state index contributed by atoms with van der Waals surface area (Å²) in [5.74, 6) is 0.142. The van der Waals surface area contributed by atoms with Crippen LogP contribution in [-0.4, -0.2) is 35.1 Å². The van der Waals surface area contributed by atoms with E-state index in [1.165, 1.54) is 13.3 Å². The number of hydrogen-bond acceptors (Lipinski definition) is 4. The Balaban J connectivity index is 2.61. The van der Waals surface area contributed by atoms with Gasteiger partial charge >= 0.3 is 5.97 Å². The fourth-order valence-corrected chi connectivity index (χ4v) is 1.93. The number of hydrogen-bond donors (Lipinski definition) is 1. The van der Waals surface area contributed by atoms with Crippen LogP contribution in [0.3, 0.4) is 0 Å². The molecule has 106 valence electrons. The first-order valence-corrected chi connectivity index (χ1v) is 6.13. The third kappa shape index (κ3) is 2.45. The van der Waals surface area contributed by atoms with Crippen molar-refractivity contribution in [2.45, 2.75) is 13.5 Å². The third-order valence-corrected chi connectivity index (χ3v) is 2.98. The minimum Gasteiger partial charge on any atom is -0.497 e. The molecule has 1 heterocycles. The van der Waals surface area contributed by atoms with Gasteiger partial charge in [0.1, 0.15) is 22.8 Å². The average Bonchev–Trinajstić information content (AvgIpc) is 2.90. The van der Waals surface area contributed by atoms with Crippen molar-refractivity contribution in [3.8, 4) is 22.8 Å². The highest BCUT2D eigenvalue weighted by Gasteiger charge is 2.20. The normalized spacial score (nSPS) is 10.3. The van der Waals surface area contributed by atoms with Crippen LogP contribution in [0.4, 0.5) is 0 Å². The number of benzene rings is 1. The van der Waals surface area contributed by atoms with Crippen molar-refractivity contribution in [3.63, 3.8) is 0 Å². The van der Waals surface area contributed by atoms with Gasteiger partial charge in [-0.1, -0.05) is 0 Å². The van der Waals surface area contributed by atoms with Crippen molar-refractivity contribution in [1.82, 2.24) is 9.78 Å². The molecule has 6 nitrogen and oxygen atoms in total. The molecule has 2 rings (SSSR count). The Labute approximate surface area is 116 Å². The molecule has 1 aromatic carbocycles. The molecular formula is C14H16N2O4. The molecule has 0 amide bonds. The molecule has 1 aromatic heterocycles. The molecule has 0 saturated heterocycles. The van der Waals surface area contributed by atoms with Crippen LogP contribution in [0.25, 0.3) is 11.3 Å². The Morgan fingerprint density at radius 3 is 2.65 bits per heavy atom. The predicted octanol–water partition coefficient (Wildman–Crippen LogP) is 2.29. The van der Waals surface area contributed by atoms with Gasteiger partial charge in [-0.2, -0.15) is 5.10 Å². The monoisotopic (exact) mass is 276 g/mol. The Hall–Kier alpha value is -2.50. The van der Waals surface area contributed by atoms with E-state index in [-0.39, 0.29) is 5.56 Å². The van der Waals surface area contributed by atoms with Gasteiger partial charge in [0, 0.05) is 24.4 Å². The Bertz CT molecular complexity index is 634. The standard InChI is InChI=1S/C14H16N2O4/c1-4-16-8-11(14(17)18)13(15-16)10-6-5-9(19-2)7-12(10)20-3/h5-8H,4H2,1-3H3,(H,17,18). The fourth-order valence-electron chi connectivity index (χ4n) is 1.93. The number of rotatable bonds is 5. The van der Waals surface area contributed by atoms with Gasteiger partial charge in [-0.3, -0.25) is 4.68 Å². The smallest absolute Gasteiger partial charge is 0.339 e. The maximum Gasteiger partial charge on any atom is 0.339 e. The zero-order chi connectivity index (χ0) is 14.7. The molecule has 20 heavy (non-hydrogen) atoms. The van der Waals surface area contributed by atoms with E-state index in [1.807, 2.05) is 6.92 Å². The summed E-state index contributed by atoms with van der Waals surface area (Å²) >= 11 is 0. The Morgan fingerprint density at radius 1 is 1.35 bits per heavy atom. The number of carbonyl (C=O) groups is 1. The van der Waals surface area contributed by atoms with E-state index in [0.717, 1.165) is 0 Å². The molecule has 0 bridgehead atoms. The van der Waals surface area contributed by atoms with Crippen LogP contribution < -0.4 is 9.47 Å². The van der Waals surface area contributed by atoms with Crippen LogP contribution in [-0.2, 0) is 6.54 Å². The summed E-state index contributed by atoms with van der Waals surface area (Å²) in [6, 6.07) is 5.19. The number of nitrogens with zero attached hydrogens (tertiary/aromatic N) is 2. The van der Waals surface area contributed by atoms with Crippen molar-refractivity contribution in [1.29, 1.82) is 0 Å². The van der Waals surface area contributed by atoms with Crippen molar-refractivity contribution in [2.24, 2.45) is 0 Å². The average molecular weight is 276 g/mol. The first-order valence-electron chi connectivity index (χ1n) is 6.13. The third-order valence-electron chi connectivity index (χ3n) is 2.98. The Kier molecular flexibility index (Phi) is 3.93. The van der Waals surface area contributed by atoms with Crippen LogP contribution in [0.2, 0.25) is 0 Å². The molecule has 2 aromatic rings. The number of aromatic nitrogens is 2. The molecule has 0 radical (unpaired) electrons. The van der Waals surface area contributed by atoms with Gasteiger partial charge in [0.2, 0.25) is 0 Å². The second kappa shape index (κ2) is 5.64. The van der Waals surface area contributed by atoms with E-state index in [1.54, 1.807) is 30.0 Å². The van der Waals surface area contributed by atoms with Crippen LogP contribution >= 0.6 is 0 Å². The van der Waals surface area contributed by atoms with E-state index in [2.05, 4.69) is 5.10 Å². The molecular weight excluding hydrogens is 260 g/mol. The molecule has 0 saturated carbocycles. The fraction of sp³-hybridized carbons (Fsp3) is 0.286. The van der Waals surface area contributed by atoms with Crippen LogP contribution in [0.5, 0.6) is 11.5 Å². The number of ether oxygens (including phenoxy) is 2. The molecule has 0 aliphatic carbocycles. The Morgan fingerprint density at radius 2 is 2.10 bits per heavy atom. The lowest BCUT2D eigenvalue weighted by molar-refractivity contribution is 0.0697. The number of carboxylic acids is 1. The highest BCUT2D eigenvalue weighted by Crippen LogP contribution is 2.34. The van der Waals surface area contributed by atoms with Crippen molar-refractivity contribution in [2.75, 3.05) is 14.2 Å². The summed E-state index contributed by atoms with van der Waals surface area (Å²) < 4.78 is 12.0. The maximum atomic E-state index is 11.3. The second-order valence-corrected chi connectivity index (χ2v) is 4.12. The maximum absolute atomic E-state index is 11.3. The zero-order valence-electron chi connectivity index (χ0n) is 11.6. The lowest BCUT2D eigenvalue weighted by atomic mass is 10.1. The number of aromatic carboxylic acids is 1. The van der Waals surface area contributed by atoms with Gasteiger partial charge < -0.3 is 14.6 Å². The first kappa shape index (κ1) is 13.9. The van der Waals surface area contributed by atoms with Crippen molar-refractivity contribution in [3.05, 3.63) is 30.0 Å². The molecule has 1 N–H and O–H groups in total. The van der Waals surface area contributed by atoms with Crippen LogP contribution in [0.1, 0.15) is 17.3 Å². The van der Waals surface area contributed by atoms with Gasteiger partial charge in [0.15, 0.2) is 0 Å². The van der Waals surface area contributed by atoms with Crippen LogP contribution in [0, 0.1) is 0 Å². The molecule has 0 aliphatic heterocycles. The second-order valence-electron chi connectivity index (χ2n) is 4.12. The van der Waals surface area contributed by atoms with Crippen molar-refractivity contribution >= 4 is 5.97 Å². The lowest BCUT2D eigenvalue weighted by Crippen LogP contribution is -1.98. The molecule has 6 heteroatoms. The number of carboxylic acid groups (broad SMARTS) is 1. The molecule has 0 spiro atoms. The van der Waals surface area contributed by atoms with E-state index < -0.39 is 5.97 Å². The summed E-state index contributed by atoms with van der Waals surface area (Å²) in [5.41, 5.74) is 1.16. The predicted molar refractivity (Wildman–Crippen MR) is 73.4 cm³/mol. The summed E-state index contributed by atoms with van der Waals surface area (Å²) in [6.45, 7) is 2.49. The summed E-state index contributed by atoms with van der Waals surface area (Å²) in [7, 11) is 3.08. The molecule has 0 fully saturated rings. The van der Waals surface area contributed by atoms with Crippen LogP contribution in [0.15, 0.2) is 24.4 Å². The minimum atomic E-state index is -1.02. The van der Waals surface area contributed by atoms with E-state index >= 15 is 0 Å². The number of methoxy groups -OCH3 is 2. The zero-order valence-corrected chi connectivity index (χ0v) is 11.6. The molecule has 0 atom stereocenters. The SMILES string of the molecule is CCn1cc(C(=O)O)c(-c2ccc(OC)cc2OC)n1. The quantitative estimate of drug-likeness (QED) is 0.907. The largest absolute Gasteiger partial charge is 0.497 e. The van der Waals surface area contributed by atoms with E-state index in [9.17, 15) is 9.90 Å². The van der Waals surface area contributed by atoms with Gasteiger partial charge in [-0.25, -0.2) is 4.79 Å². The lowest BCUT2D eigenvalue weighted by Gasteiger charge is -2.09. The molecule has 0 aliphatic rings. The topological polar surface area (TPSA) is 73.6 Å². The summed E-state index contributed by atoms with van der Waals surface area (Å²) in [4.78, 5) is 11.3. The van der Waals surface area contributed by atoms with E-state index in [0.29, 0.717) is 29.3 Å². The number of aryl methyl sites for hydroxylation is 1. The van der Waals surface area contributed by atoms with Crippen molar-refractivity contribution < 1.29 is 19.4 Å². The highest BCUT2D eigenvalue weighted by atomic mass is 16.5. The van der Waals surface area contributed by atoms with E-state index in [4.69, 9.17) is 9.47 Å². The van der Waals surface area contributed by atoms with Gasteiger partial charge in [-0.05, 0) is 19.1 Å². The minimum absolute atomic E-state index is 0.148. The summed E-state index contributed by atoms with van der Waals surface area (Å²) in [6.07, 6.45) is 1.52. The van der Waals surface area contributed by atoms with Gasteiger partial charge in [-0.15, -0.1) is 0 Å². The van der Waals surface area contributed by atoms with Gasteiger partial charge in [0.25, 0.3) is 0 Å². The summed E-state index contributed by atoms with van der Waals surface area (Å²) in [5, 5.41) is 13.6. The highest BCUT2D eigenvalue weighted by molar-refractivity contribution is 5.95. The first-order chi connectivity index (χ1) is 9.60. The molecule has 0 unspecified atom stereocenters.